The van der Waals surface area contributed by atoms with Gasteiger partial charge in [0, 0.05) is 5.69 Å². The molecule has 7 nitrogen and oxygen atoms in total. The summed E-state index contributed by atoms with van der Waals surface area (Å²) in [6.45, 7) is 2.14. The number of anilines is 2. The van der Waals surface area contributed by atoms with Crippen molar-refractivity contribution in [1.82, 2.24) is 30.4 Å². The predicted octanol–water partition coefficient (Wildman–Crippen LogP) is 4.11. The first kappa shape index (κ1) is 17.6. The molecule has 0 aliphatic heterocycles. The maximum Gasteiger partial charge on any atom is 0.210 e. The van der Waals surface area contributed by atoms with Gasteiger partial charge in [-0.3, -0.25) is 0 Å². The SMILES string of the molecule is CCc1ccc(Nc2nnc(SCc3nnnn3-c3ccccc3)s2)cc1. The number of hydrogen-bond donors (Lipinski definition) is 1. The second-order valence-corrected chi connectivity index (χ2v) is 7.88. The summed E-state index contributed by atoms with van der Waals surface area (Å²) in [4.78, 5) is 0. The number of aryl methyl sites for hydroxylation is 1. The third-order valence-corrected chi connectivity index (χ3v) is 5.85. The van der Waals surface area contributed by atoms with E-state index >= 15 is 0 Å². The van der Waals surface area contributed by atoms with Crippen LogP contribution in [0.5, 0.6) is 0 Å². The van der Waals surface area contributed by atoms with Crippen molar-refractivity contribution in [3.05, 3.63) is 66.0 Å². The van der Waals surface area contributed by atoms with E-state index in [1.807, 2.05) is 30.3 Å². The maximum atomic E-state index is 4.24. The van der Waals surface area contributed by atoms with Gasteiger partial charge in [-0.1, -0.05) is 60.4 Å². The Morgan fingerprint density at radius 1 is 1.00 bits per heavy atom. The van der Waals surface area contributed by atoms with Crippen LogP contribution in [0.3, 0.4) is 0 Å². The highest BCUT2D eigenvalue weighted by Gasteiger charge is 2.11. The topological polar surface area (TPSA) is 81.4 Å². The standard InChI is InChI=1S/C18H17N7S2/c1-2-13-8-10-14(11-9-13)19-17-21-22-18(27-17)26-12-16-20-23-24-25(16)15-6-4-3-5-7-15/h3-11H,2,12H2,1H3,(H,19,21). The molecule has 0 aliphatic rings. The summed E-state index contributed by atoms with van der Waals surface area (Å²) in [6, 6.07) is 18.2. The molecule has 2 aromatic heterocycles. The van der Waals surface area contributed by atoms with Crippen LogP contribution in [0.2, 0.25) is 0 Å². The molecule has 1 N–H and O–H groups in total. The van der Waals surface area contributed by atoms with Gasteiger partial charge < -0.3 is 5.32 Å². The fourth-order valence-electron chi connectivity index (χ4n) is 2.46. The first-order valence-corrected chi connectivity index (χ1v) is 10.3. The second-order valence-electron chi connectivity index (χ2n) is 5.68. The molecular weight excluding hydrogens is 378 g/mol. The van der Waals surface area contributed by atoms with E-state index in [1.165, 1.54) is 16.9 Å². The number of rotatable bonds is 7. The van der Waals surface area contributed by atoms with E-state index in [-0.39, 0.29) is 0 Å². The smallest absolute Gasteiger partial charge is 0.210 e. The van der Waals surface area contributed by atoms with Crippen molar-refractivity contribution < 1.29 is 0 Å². The van der Waals surface area contributed by atoms with Gasteiger partial charge in [0.15, 0.2) is 10.2 Å². The molecule has 0 saturated heterocycles. The summed E-state index contributed by atoms with van der Waals surface area (Å²) in [5.41, 5.74) is 3.26. The zero-order chi connectivity index (χ0) is 18.5. The van der Waals surface area contributed by atoms with E-state index in [1.54, 1.807) is 16.4 Å². The molecule has 0 aliphatic carbocycles. The molecule has 9 heteroatoms. The quantitative estimate of drug-likeness (QED) is 0.472. The average Bonchev–Trinajstić information content (AvgIpc) is 3.37. The van der Waals surface area contributed by atoms with Crippen LogP contribution < -0.4 is 5.32 Å². The molecule has 0 spiro atoms. The minimum Gasteiger partial charge on any atom is -0.330 e. The molecule has 4 rings (SSSR count). The molecule has 136 valence electrons. The maximum absolute atomic E-state index is 4.24. The Morgan fingerprint density at radius 3 is 2.59 bits per heavy atom. The molecule has 0 bridgehead atoms. The summed E-state index contributed by atoms with van der Waals surface area (Å²) in [5.74, 6) is 1.38. The van der Waals surface area contributed by atoms with Gasteiger partial charge in [0.1, 0.15) is 0 Å². The summed E-state index contributed by atoms with van der Waals surface area (Å²) >= 11 is 3.08. The number of nitrogens with one attached hydrogen (secondary N) is 1. The van der Waals surface area contributed by atoms with Crippen molar-refractivity contribution in [2.24, 2.45) is 0 Å². The van der Waals surface area contributed by atoms with Gasteiger partial charge in [-0.25, -0.2) is 0 Å². The minimum atomic E-state index is 0.613. The van der Waals surface area contributed by atoms with Gasteiger partial charge in [0.25, 0.3) is 0 Å². The van der Waals surface area contributed by atoms with E-state index < -0.39 is 0 Å². The lowest BCUT2D eigenvalue weighted by Gasteiger charge is -2.03. The number of hydrogen-bond acceptors (Lipinski definition) is 8. The highest BCUT2D eigenvalue weighted by molar-refractivity contribution is 8.00. The minimum absolute atomic E-state index is 0.613. The summed E-state index contributed by atoms with van der Waals surface area (Å²) < 4.78 is 2.60. The lowest BCUT2D eigenvalue weighted by molar-refractivity contribution is 0.777. The first-order chi connectivity index (χ1) is 13.3. The monoisotopic (exact) mass is 395 g/mol. The first-order valence-electron chi connectivity index (χ1n) is 8.47. The van der Waals surface area contributed by atoms with Crippen LogP contribution in [0, 0.1) is 0 Å². The van der Waals surface area contributed by atoms with Crippen LogP contribution in [0.25, 0.3) is 5.69 Å². The fourth-order valence-corrected chi connectivity index (χ4v) is 4.14. The molecular formula is C18H17N7S2. The van der Waals surface area contributed by atoms with Crippen LogP contribution >= 0.6 is 23.1 Å². The summed E-state index contributed by atoms with van der Waals surface area (Å²) in [5, 5.41) is 24.5. The third-order valence-electron chi connectivity index (χ3n) is 3.88. The molecule has 0 saturated carbocycles. The molecule has 27 heavy (non-hydrogen) atoms. The summed E-state index contributed by atoms with van der Waals surface area (Å²) in [6.07, 6.45) is 1.03. The fraction of sp³-hybridized carbons (Fsp3) is 0.167. The highest BCUT2D eigenvalue weighted by Crippen LogP contribution is 2.29. The number of benzene rings is 2. The van der Waals surface area contributed by atoms with Crippen LogP contribution in [-0.2, 0) is 12.2 Å². The van der Waals surface area contributed by atoms with Crippen LogP contribution in [0.1, 0.15) is 18.3 Å². The molecule has 0 amide bonds. The Hall–Kier alpha value is -2.78. The average molecular weight is 396 g/mol. The van der Waals surface area contributed by atoms with Crippen molar-refractivity contribution in [3.63, 3.8) is 0 Å². The second kappa shape index (κ2) is 8.28. The lowest BCUT2D eigenvalue weighted by atomic mass is 10.1. The van der Waals surface area contributed by atoms with Gasteiger partial charge in [-0.15, -0.1) is 15.3 Å². The van der Waals surface area contributed by atoms with Crippen LogP contribution in [0.15, 0.2) is 58.9 Å². The summed E-state index contributed by atoms with van der Waals surface area (Å²) in [7, 11) is 0. The van der Waals surface area contributed by atoms with Gasteiger partial charge in [0.05, 0.1) is 11.4 Å². The largest absolute Gasteiger partial charge is 0.330 e. The normalized spacial score (nSPS) is 10.9. The molecule has 0 atom stereocenters. The van der Waals surface area contributed by atoms with Crippen molar-refractivity contribution in [2.45, 2.75) is 23.4 Å². The Bertz CT molecular complexity index is 996. The molecule has 0 fully saturated rings. The molecule has 0 unspecified atom stereocenters. The van der Waals surface area contributed by atoms with Crippen molar-refractivity contribution in [3.8, 4) is 5.69 Å². The lowest BCUT2D eigenvalue weighted by Crippen LogP contribution is -2.01. The number of aromatic nitrogens is 6. The van der Waals surface area contributed by atoms with Gasteiger partial charge in [-0.05, 0) is 46.7 Å². The zero-order valence-electron chi connectivity index (χ0n) is 14.6. The van der Waals surface area contributed by atoms with Crippen molar-refractivity contribution >= 4 is 33.9 Å². The van der Waals surface area contributed by atoms with Gasteiger partial charge in [-0.2, -0.15) is 4.68 Å². The Labute approximate surface area is 164 Å². The molecule has 2 aromatic carbocycles. The van der Waals surface area contributed by atoms with Crippen molar-refractivity contribution in [1.29, 1.82) is 0 Å². The van der Waals surface area contributed by atoms with Crippen molar-refractivity contribution in [2.75, 3.05) is 5.32 Å². The molecule has 0 radical (unpaired) electrons. The van der Waals surface area contributed by atoms with E-state index in [2.05, 4.69) is 62.2 Å². The number of tetrazole rings is 1. The Balaban J connectivity index is 1.40. The number of thioether (sulfide) groups is 1. The van der Waals surface area contributed by atoms with Gasteiger partial charge in [0.2, 0.25) is 5.13 Å². The Morgan fingerprint density at radius 2 is 1.81 bits per heavy atom. The number of nitrogens with zero attached hydrogens (tertiary/aromatic N) is 6. The molecule has 4 aromatic rings. The molecule has 2 heterocycles. The van der Waals surface area contributed by atoms with E-state index in [4.69, 9.17) is 0 Å². The third kappa shape index (κ3) is 4.32. The van der Waals surface area contributed by atoms with Crippen LogP contribution in [0.4, 0.5) is 10.8 Å². The Kier molecular flexibility index (Phi) is 5.40. The van der Waals surface area contributed by atoms with Crippen LogP contribution in [-0.4, -0.2) is 30.4 Å². The van der Waals surface area contributed by atoms with E-state index in [9.17, 15) is 0 Å². The highest BCUT2D eigenvalue weighted by atomic mass is 32.2. The predicted molar refractivity (Wildman–Crippen MR) is 108 cm³/mol. The van der Waals surface area contributed by atoms with E-state index in [0.717, 1.165) is 33.1 Å². The number of para-hydroxylation sites is 1. The van der Waals surface area contributed by atoms with Gasteiger partial charge >= 0.3 is 0 Å². The zero-order valence-corrected chi connectivity index (χ0v) is 16.2. The van der Waals surface area contributed by atoms with E-state index in [0.29, 0.717) is 5.75 Å².